The number of aliphatic hydroxyl groups is 1. The molecule has 1 atom stereocenters. The van der Waals surface area contributed by atoms with Gasteiger partial charge in [0.2, 0.25) is 0 Å². The van der Waals surface area contributed by atoms with Crippen molar-refractivity contribution in [3.05, 3.63) is 0 Å². The van der Waals surface area contributed by atoms with Crippen molar-refractivity contribution in [2.24, 2.45) is 0 Å². The molecule has 106 valence electrons. The van der Waals surface area contributed by atoms with E-state index in [4.69, 9.17) is 12.2 Å². The molecule has 0 aromatic heterocycles. The topological polar surface area (TPSA) is 66.4 Å². The Hall–Kier alpha value is 0.150. The predicted octanol–water partition coefficient (Wildman–Crippen LogP) is 1.68. The number of nitrogens with one attached hydrogen (secondary N) is 1. The largest absolute Gasteiger partial charge is 0.369 e. The summed E-state index contributed by atoms with van der Waals surface area (Å²) >= 11 is 6.18. The molecular weight excluding hydrogens is 290 g/mol. The zero-order valence-electron chi connectivity index (χ0n) is 10.6. The van der Waals surface area contributed by atoms with Gasteiger partial charge < -0.3 is 10.4 Å². The van der Waals surface area contributed by atoms with E-state index in [1.165, 1.54) is 11.8 Å². The predicted molar refractivity (Wildman–Crippen MR) is 80.6 cm³/mol. The Morgan fingerprint density at radius 1 is 1.39 bits per heavy atom. The van der Waals surface area contributed by atoms with Crippen molar-refractivity contribution in [1.82, 2.24) is 5.32 Å². The van der Waals surface area contributed by atoms with Crippen LogP contribution in [0.2, 0.25) is 0 Å². The highest BCUT2D eigenvalue weighted by Gasteiger charge is 2.38. The highest BCUT2D eigenvalue weighted by atomic mass is 32.2. The van der Waals surface area contributed by atoms with Crippen molar-refractivity contribution in [2.75, 3.05) is 17.3 Å². The second-order valence-corrected chi connectivity index (χ2v) is 8.58. The third-order valence-electron chi connectivity index (χ3n) is 2.79. The molecule has 0 aromatic carbocycles. The second-order valence-electron chi connectivity index (χ2n) is 4.74. The summed E-state index contributed by atoms with van der Waals surface area (Å²) in [7, 11) is -3.22. The summed E-state index contributed by atoms with van der Waals surface area (Å²) < 4.78 is 24.2. The SMILES string of the molecule is CCCCCCCS(=O)(=O)CC1(O)CSC(=S)N1. The third kappa shape index (κ3) is 5.86. The molecule has 1 saturated heterocycles. The van der Waals surface area contributed by atoms with Crippen LogP contribution in [0.1, 0.15) is 39.0 Å². The van der Waals surface area contributed by atoms with E-state index in [0.29, 0.717) is 16.5 Å². The lowest BCUT2D eigenvalue weighted by Gasteiger charge is -2.21. The standard InChI is InChI=1S/C11H21NO3S3/c1-2-3-4-5-6-7-18(14,15)9-11(13)8-17-10(16)12-11/h13H,2-9H2,1H3,(H,12,16). The van der Waals surface area contributed by atoms with Gasteiger partial charge in [0.25, 0.3) is 0 Å². The molecule has 1 heterocycles. The number of hydrogen-bond acceptors (Lipinski definition) is 5. The van der Waals surface area contributed by atoms with E-state index in [1.807, 2.05) is 0 Å². The summed E-state index contributed by atoms with van der Waals surface area (Å²) in [6.45, 7) is 2.12. The Kier molecular flexibility index (Phi) is 6.37. The van der Waals surface area contributed by atoms with Gasteiger partial charge in [-0.3, -0.25) is 0 Å². The number of thioether (sulfide) groups is 1. The fourth-order valence-electron chi connectivity index (χ4n) is 1.89. The molecule has 1 aliphatic heterocycles. The molecule has 0 aliphatic carbocycles. The van der Waals surface area contributed by atoms with Gasteiger partial charge in [-0.15, -0.1) is 0 Å². The highest BCUT2D eigenvalue weighted by molar-refractivity contribution is 8.23. The van der Waals surface area contributed by atoms with Gasteiger partial charge in [-0.2, -0.15) is 0 Å². The molecule has 0 radical (unpaired) electrons. The number of thiocarbonyl (C=S) groups is 1. The quantitative estimate of drug-likeness (QED) is 0.525. The summed E-state index contributed by atoms with van der Waals surface area (Å²) in [4.78, 5) is 0. The molecule has 4 nitrogen and oxygen atoms in total. The van der Waals surface area contributed by atoms with Crippen LogP contribution < -0.4 is 5.32 Å². The zero-order valence-corrected chi connectivity index (χ0v) is 13.1. The van der Waals surface area contributed by atoms with E-state index in [-0.39, 0.29) is 11.5 Å². The smallest absolute Gasteiger partial charge is 0.160 e. The molecule has 1 fully saturated rings. The maximum Gasteiger partial charge on any atom is 0.160 e. The van der Waals surface area contributed by atoms with E-state index in [1.54, 1.807) is 0 Å². The number of sulfone groups is 1. The molecule has 1 rings (SSSR count). The van der Waals surface area contributed by atoms with Gasteiger partial charge >= 0.3 is 0 Å². The van der Waals surface area contributed by atoms with Crippen LogP contribution in [0.4, 0.5) is 0 Å². The van der Waals surface area contributed by atoms with Crippen LogP contribution in [0.25, 0.3) is 0 Å². The molecule has 0 spiro atoms. The third-order valence-corrected chi connectivity index (χ3v) is 6.06. The molecule has 0 bridgehead atoms. The van der Waals surface area contributed by atoms with Crippen LogP contribution in [0.3, 0.4) is 0 Å². The van der Waals surface area contributed by atoms with E-state index in [2.05, 4.69) is 12.2 Å². The van der Waals surface area contributed by atoms with Crippen molar-refractivity contribution < 1.29 is 13.5 Å². The van der Waals surface area contributed by atoms with Gasteiger partial charge in [-0.05, 0) is 6.42 Å². The average Bonchev–Trinajstić information content (AvgIpc) is 2.56. The van der Waals surface area contributed by atoms with Crippen LogP contribution in [0.15, 0.2) is 0 Å². The Bertz CT molecular complexity index is 383. The minimum atomic E-state index is -3.22. The summed E-state index contributed by atoms with van der Waals surface area (Å²) in [5, 5.41) is 12.7. The van der Waals surface area contributed by atoms with Crippen molar-refractivity contribution in [1.29, 1.82) is 0 Å². The number of hydrogen-bond donors (Lipinski definition) is 2. The fourth-order valence-corrected chi connectivity index (χ4v) is 4.88. The Labute approximate surface area is 119 Å². The monoisotopic (exact) mass is 311 g/mol. The minimum Gasteiger partial charge on any atom is -0.369 e. The van der Waals surface area contributed by atoms with Gasteiger partial charge in [-0.1, -0.05) is 56.6 Å². The van der Waals surface area contributed by atoms with E-state index >= 15 is 0 Å². The lowest BCUT2D eigenvalue weighted by Crippen LogP contribution is -2.49. The molecular formula is C11H21NO3S3. The zero-order chi connectivity index (χ0) is 13.6. The summed E-state index contributed by atoms with van der Waals surface area (Å²) in [5.41, 5.74) is -1.37. The van der Waals surface area contributed by atoms with Crippen molar-refractivity contribution in [3.8, 4) is 0 Å². The number of unbranched alkanes of at least 4 members (excludes halogenated alkanes) is 4. The van der Waals surface area contributed by atoms with Crippen molar-refractivity contribution in [3.63, 3.8) is 0 Å². The molecule has 7 heteroatoms. The highest BCUT2D eigenvalue weighted by Crippen LogP contribution is 2.23. The molecule has 1 aliphatic rings. The first-order valence-corrected chi connectivity index (χ1v) is 9.46. The Morgan fingerprint density at radius 2 is 2.06 bits per heavy atom. The summed E-state index contributed by atoms with van der Waals surface area (Å²) in [6, 6.07) is 0. The summed E-state index contributed by atoms with van der Waals surface area (Å²) in [5.74, 6) is 0.208. The van der Waals surface area contributed by atoms with Crippen LogP contribution >= 0.6 is 24.0 Å². The molecule has 0 amide bonds. The van der Waals surface area contributed by atoms with E-state index in [9.17, 15) is 13.5 Å². The Morgan fingerprint density at radius 3 is 2.61 bits per heavy atom. The molecule has 18 heavy (non-hydrogen) atoms. The first kappa shape index (κ1) is 16.2. The fraction of sp³-hybridized carbons (Fsp3) is 0.909. The molecule has 2 N–H and O–H groups in total. The van der Waals surface area contributed by atoms with Gasteiger partial charge in [0.05, 0.1) is 11.5 Å². The van der Waals surface area contributed by atoms with Crippen LogP contribution in [-0.2, 0) is 9.84 Å². The maximum atomic E-state index is 11.9. The minimum absolute atomic E-state index is 0.151. The van der Waals surface area contributed by atoms with Gasteiger partial charge in [0, 0.05) is 5.75 Å². The summed E-state index contributed by atoms with van der Waals surface area (Å²) in [6.07, 6.45) is 4.98. The van der Waals surface area contributed by atoms with Crippen LogP contribution in [0.5, 0.6) is 0 Å². The lowest BCUT2D eigenvalue weighted by atomic mass is 10.2. The normalized spacial score (nSPS) is 24.2. The van der Waals surface area contributed by atoms with Gasteiger partial charge in [-0.25, -0.2) is 8.42 Å². The average molecular weight is 311 g/mol. The molecule has 0 saturated carbocycles. The molecule has 0 aromatic rings. The number of rotatable bonds is 8. The van der Waals surface area contributed by atoms with Crippen molar-refractivity contribution >= 4 is 38.1 Å². The maximum absolute atomic E-state index is 11.9. The van der Waals surface area contributed by atoms with Gasteiger partial charge in [0.1, 0.15) is 4.32 Å². The van der Waals surface area contributed by atoms with Crippen LogP contribution in [0, 0.1) is 0 Å². The first-order valence-electron chi connectivity index (χ1n) is 6.25. The van der Waals surface area contributed by atoms with E-state index < -0.39 is 15.6 Å². The van der Waals surface area contributed by atoms with Gasteiger partial charge in [0.15, 0.2) is 15.6 Å². The van der Waals surface area contributed by atoms with E-state index in [0.717, 1.165) is 25.7 Å². The van der Waals surface area contributed by atoms with Crippen molar-refractivity contribution in [2.45, 2.75) is 44.8 Å². The lowest BCUT2D eigenvalue weighted by molar-refractivity contribution is 0.0786. The van der Waals surface area contributed by atoms with Crippen LogP contribution in [-0.4, -0.2) is 40.8 Å². The first-order chi connectivity index (χ1) is 8.37. The second kappa shape index (κ2) is 7.07. The molecule has 1 unspecified atom stereocenters. The Balaban J connectivity index is 2.33.